The van der Waals surface area contributed by atoms with Crippen LogP contribution >= 0.6 is 0 Å². The van der Waals surface area contributed by atoms with Gasteiger partial charge in [-0.1, -0.05) is 31.4 Å². The molecule has 1 saturated carbocycles. The summed E-state index contributed by atoms with van der Waals surface area (Å²) >= 11 is 0. The van der Waals surface area contributed by atoms with Gasteiger partial charge in [0.2, 0.25) is 5.82 Å². The van der Waals surface area contributed by atoms with Crippen molar-refractivity contribution in [2.45, 2.75) is 37.5 Å². The van der Waals surface area contributed by atoms with Crippen molar-refractivity contribution in [3.63, 3.8) is 0 Å². The molecule has 0 unspecified atom stereocenters. The van der Waals surface area contributed by atoms with Crippen molar-refractivity contribution in [3.05, 3.63) is 52.0 Å². The van der Waals surface area contributed by atoms with E-state index >= 15 is 0 Å². The molecule has 0 saturated heterocycles. The van der Waals surface area contributed by atoms with Crippen LogP contribution in [0, 0.1) is 5.82 Å². The van der Waals surface area contributed by atoms with Crippen molar-refractivity contribution in [2.24, 2.45) is 0 Å². The number of halogens is 1. The molecule has 1 heterocycles. The van der Waals surface area contributed by atoms with Crippen LogP contribution in [0.2, 0.25) is 0 Å². The molecule has 3 N–H and O–H groups in total. The fourth-order valence-electron chi connectivity index (χ4n) is 3.33. The smallest absolute Gasteiger partial charge is 0.341 e. The minimum absolute atomic E-state index is 0.0415. The van der Waals surface area contributed by atoms with E-state index < -0.39 is 11.6 Å². The van der Waals surface area contributed by atoms with Crippen LogP contribution in [0.1, 0.15) is 48.3 Å². The third-order valence-electron chi connectivity index (χ3n) is 4.55. The molecule has 0 aliphatic heterocycles. The number of hydrogen-bond donors (Lipinski definition) is 3. The molecule has 1 aromatic heterocycles. The molecule has 1 aromatic carbocycles. The Morgan fingerprint density at radius 1 is 1.30 bits per heavy atom. The zero-order valence-electron chi connectivity index (χ0n) is 12.7. The quantitative estimate of drug-likeness (QED) is 0.804. The van der Waals surface area contributed by atoms with Crippen molar-refractivity contribution < 1.29 is 9.18 Å². The maximum atomic E-state index is 13.6. The van der Waals surface area contributed by atoms with Crippen LogP contribution in [-0.4, -0.2) is 27.6 Å². The molecule has 1 aliphatic rings. The first-order valence-corrected chi connectivity index (χ1v) is 7.78. The number of nitrogens with one attached hydrogen (secondary N) is 3. The van der Waals surface area contributed by atoms with Crippen molar-refractivity contribution in [1.29, 1.82) is 0 Å². The first-order valence-electron chi connectivity index (χ1n) is 7.78. The van der Waals surface area contributed by atoms with Crippen LogP contribution in [0.4, 0.5) is 4.39 Å². The predicted octanol–water partition coefficient (Wildman–Crippen LogP) is 1.87. The maximum absolute atomic E-state index is 13.6. The van der Waals surface area contributed by atoms with Gasteiger partial charge in [0, 0.05) is 12.0 Å². The van der Waals surface area contributed by atoms with E-state index in [4.69, 9.17) is 0 Å². The van der Waals surface area contributed by atoms with Crippen LogP contribution in [0.15, 0.2) is 29.1 Å². The van der Waals surface area contributed by atoms with Gasteiger partial charge in [0.1, 0.15) is 5.82 Å². The zero-order chi connectivity index (χ0) is 16.3. The normalized spacial score (nSPS) is 16.9. The molecule has 1 aliphatic carbocycles. The fourth-order valence-corrected chi connectivity index (χ4v) is 3.33. The highest BCUT2D eigenvalue weighted by Crippen LogP contribution is 2.39. The largest absolute Gasteiger partial charge is 0.348 e. The summed E-state index contributed by atoms with van der Waals surface area (Å²) in [7, 11) is 0. The highest BCUT2D eigenvalue weighted by atomic mass is 19.1. The van der Waals surface area contributed by atoms with E-state index in [1.54, 1.807) is 12.1 Å². The number of nitrogens with zero attached hydrogens (tertiary/aromatic N) is 1. The Hall–Kier alpha value is -2.44. The Morgan fingerprint density at radius 2 is 2.09 bits per heavy atom. The molecule has 2 aromatic rings. The first-order chi connectivity index (χ1) is 11.1. The molecule has 0 radical (unpaired) electrons. The molecule has 23 heavy (non-hydrogen) atoms. The van der Waals surface area contributed by atoms with Crippen molar-refractivity contribution in [2.75, 3.05) is 6.54 Å². The second-order valence-electron chi connectivity index (χ2n) is 6.06. The summed E-state index contributed by atoms with van der Waals surface area (Å²) in [5.41, 5.74) is 0.118. The van der Waals surface area contributed by atoms with Gasteiger partial charge in [-0.3, -0.25) is 9.78 Å². The van der Waals surface area contributed by atoms with E-state index in [0.717, 1.165) is 37.7 Å². The summed E-state index contributed by atoms with van der Waals surface area (Å²) in [5, 5.41) is 8.62. The van der Waals surface area contributed by atoms with E-state index in [9.17, 15) is 14.0 Å². The lowest BCUT2D eigenvalue weighted by Crippen LogP contribution is -2.42. The minimum atomic E-state index is -0.521. The standard InChI is InChI=1S/C16H19FN4O2/c17-12-6-4-5-11(9-12)16(7-2-1-3-8-16)10-18-14(22)13-19-15(23)21-20-13/h4-6,9H,1-3,7-8,10H2,(H,18,22)(H2,19,20,21,23). The Labute approximate surface area is 132 Å². The summed E-state index contributed by atoms with van der Waals surface area (Å²) in [5.74, 6) is -0.750. The van der Waals surface area contributed by atoms with E-state index in [1.165, 1.54) is 6.07 Å². The zero-order valence-corrected chi connectivity index (χ0v) is 12.7. The van der Waals surface area contributed by atoms with Gasteiger partial charge in [0.25, 0.3) is 5.91 Å². The fraction of sp³-hybridized carbons (Fsp3) is 0.438. The lowest BCUT2D eigenvalue weighted by molar-refractivity contribution is 0.0926. The van der Waals surface area contributed by atoms with Gasteiger partial charge < -0.3 is 5.32 Å². The number of carbonyl (C=O) groups excluding carboxylic acids is 1. The van der Waals surface area contributed by atoms with Gasteiger partial charge in [-0.2, -0.15) is 0 Å². The molecular formula is C16H19FN4O2. The number of aromatic amines is 2. The second kappa shape index (κ2) is 6.36. The van der Waals surface area contributed by atoms with Crippen LogP contribution in [0.3, 0.4) is 0 Å². The average molecular weight is 318 g/mol. The lowest BCUT2D eigenvalue weighted by Gasteiger charge is -2.38. The number of carbonyl (C=O) groups is 1. The lowest BCUT2D eigenvalue weighted by atomic mass is 9.69. The Balaban J connectivity index is 1.79. The van der Waals surface area contributed by atoms with E-state index in [1.807, 2.05) is 6.07 Å². The minimum Gasteiger partial charge on any atom is -0.348 e. The average Bonchev–Trinajstić information content (AvgIpc) is 3.00. The molecule has 0 spiro atoms. The highest BCUT2D eigenvalue weighted by Gasteiger charge is 2.34. The number of rotatable bonds is 4. The van der Waals surface area contributed by atoms with Crippen LogP contribution < -0.4 is 11.0 Å². The van der Waals surface area contributed by atoms with Gasteiger partial charge in [0.15, 0.2) is 0 Å². The van der Waals surface area contributed by atoms with Gasteiger partial charge in [-0.25, -0.2) is 14.3 Å². The van der Waals surface area contributed by atoms with Crippen molar-refractivity contribution in [3.8, 4) is 0 Å². The molecule has 0 atom stereocenters. The molecule has 1 fully saturated rings. The SMILES string of the molecule is O=C(NCC1(c2cccc(F)c2)CCCCC1)c1n[nH]c(=O)[nH]1. The number of amides is 1. The predicted molar refractivity (Wildman–Crippen MR) is 82.7 cm³/mol. The van der Waals surface area contributed by atoms with Crippen molar-refractivity contribution >= 4 is 5.91 Å². The number of hydrogen-bond acceptors (Lipinski definition) is 3. The van der Waals surface area contributed by atoms with Gasteiger partial charge in [-0.15, -0.1) is 5.10 Å². The Morgan fingerprint density at radius 3 is 2.74 bits per heavy atom. The van der Waals surface area contributed by atoms with E-state index in [0.29, 0.717) is 6.54 Å². The Bertz CT molecular complexity index is 746. The van der Waals surface area contributed by atoms with E-state index in [-0.39, 0.29) is 17.1 Å². The molecule has 6 nitrogen and oxygen atoms in total. The Kier molecular flexibility index (Phi) is 4.27. The topological polar surface area (TPSA) is 90.6 Å². The maximum Gasteiger partial charge on any atom is 0.341 e. The van der Waals surface area contributed by atoms with Crippen LogP contribution in [0.25, 0.3) is 0 Å². The monoisotopic (exact) mass is 318 g/mol. The first kappa shape index (κ1) is 15.5. The highest BCUT2D eigenvalue weighted by molar-refractivity contribution is 5.90. The van der Waals surface area contributed by atoms with E-state index in [2.05, 4.69) is 20.5 Å². The molecule has 0 bridgehead atoms. The number of benzene rings is 1. The summed E-state index contributed by atoms with van der Waals surface area (Å²) < 4.78 is 13.6. The summed E-state index contributed by atoms with van der Waals surface area (Å²) in [4.78, 5) is 25.5. The molecule has 122 valence electrons. The molecule has 7 heteroatoms. The summed E-state index contributed by atoms with van der Waals surface area (Å²) in [6, 6.07) is 6.59. The van der Waals surface area contributed by atoms with Crippen molar-refractivity contribution in [1.82, 2.24) is 20.5 Å². The van der Waals surface area contributed by atoms with Gasteiger partial charge in [0.05, 0.1) is 0 Å². The molecular weight excluding hydrogens is 299 g/mol. The molecule has 3 rings (SSSR count). The van der Waals surface area contributed by atoms with Crippen LogP contribution in [-0.2, 0) is 5.41 Å². The third kappa shape index (κ3) is 3.33. The summed E-state index contributed by atoms with van der Waals surface area (Å²) in [6.45, 7) is 0.393. The van der Waals surface area contributed by atoms with Gasteiger partial charge >= 0.3 is 5.69 Å². The summed E-state index contributed by atoms with van der Waals surface area (Å²) in [6.07, 6.45) is 5.04. The number of aromatic nitrogens is 3. The van der Waals surface area contributed by atoms with Crippen LogP contribution in [0.5, 0.6) is 0 Å². The number of H-pyrrole nitrogens is 2. The van der Waals surface area contributed by atoms with Gasteiger partial charge in [-0.05, 0) is 30.5 Å². The third-order valence-corrected chi connectivity index (χ3v) is 4.55. The molecule has 1 amide bonds. The second-order valence-corrected chi connectivity index (χ2v) is 6.06.